The molecule has 3 atom stereocenters. The van der Waals surface area contributed by atoms with Gasteiger partial charge in [-0.3, -0.25) is 9.59 Å². The number of carboxylic acid groups (broad SMARTS) is 1. The zero-order valence-corrected chi connectivity index (χ0v) is 11.7. The van der Waals surface area contributed by atoms with Gasteiger partial charge in [-0.05, 0) is 31.6 Å². The van der Waals surface area contributed by atoms with Crippen LogP contribution in [0, 0.1) is 17.8 Å². The zero-order valence-electron chi connectivity index (χ0n) is 11.7. The Morgan fingerprint density at radius 2 is 1.89 bits per heavy atom. The fourth-order valence-electron chi connectivity index (χ4n) is 3.53. The summed E-state index contributed by atoms with van der Waals surface area (Å²) in [6.07, 6.45) is 8.22. The van der Waals surface area contributed by atoms with E-state index >= 15 is 0 Å². The third-order valence-corrected chi connectivity index (χ3v) is 4.74. The maximum absolute atomic E-state index is 12.1. The van der Waals surface area contributed by atoms with Crippen molar-refractivity contribution in [2.75, 3.05) is 0 Å². The van der Waals surface area contributed by atoms with Gasteiger partial charge in [-0.2, -0.15) is 0 Å². The summed E-state index contributed by atoms with van der Waals surface area (Å²) in [5.41, 5.74) is 0. The number of hydrogen-bond donors (Lipinski definition) is 2. The minimum Gasteiger partial charge on any atom is -0.481 e. The van der Waals surface area contributed by atoms with Crippen LogP contribution in [0.1, 0.15) is 58.3 Å². The average Bonchev–Trinajstić information content (AvgIpc) is 2.99. The van der Waals surface area contributed by atoms with E-state index in [1.807, 2.05) is 6.92 Å². The fourth-order valence-corrected chi connectivity index (χ4v) is 3.53. The normalized spacial score (nSPS) is 29.3. The molecular formula is C15H25NO3. The highest BCUT2D eigenvalue weighted by Gasteiger charge is 2.31. The van der Waals surface area contributed by atoms with Crippen molar-refractivity contribution in [1.29, 1.82) is 0 Å². The van der Waals surface area contributed by atoms with Gasteiger partial charge in [-0.25, -0.2) is 0 Å². The first kappa shape index (κ1) is 14.4. The average molecular weight is 267 g/mol. The highest BCUT2D eigenvalue weighted by Crippen LogP contribution is 2.31. The molecule has 0 aromatic rings. The maximum Gasteiger partial charge on any atom is 0.306 e. The van der Waals surface area contributed by atoms with Crippen LogP contribution in [-0.2, 0) is 9.59 Å². The number of carbonyl (C=O) groups excluding carboxylic acids is 1. The lowest BCUT2D eigenvalue weighted by Gasteiger charge is -2.19. The van der Waals surface area contributed by atoms with Gasteiger partial charge in [-0.1, -0.05) is 32.6 Å². The molecule has 0 aliphatic heterocycles. The number of rotatable bonds is 5. The van der Waals surface area contributed by atoms with Crippen LogP contribution in [0.4, 0.5) is 0 Å². The fraction of sp³-hybridized carbons (Fsp3) is 0.867. The van der Waals surface area contributed by atoms with Crippen LogP contribution >= 0.6 is 0 Å². The van der Waals surface area contributed by atoms with Crippen molar-refractivity contribution in [3.05, 3.63) is 0 Å². The number of hydrogen-bond acceptors (Lipinski definition) is 2. The van der Waals surface area contributed by atoms with Crippen LogP contribution in [0.2, 0.25) is 0 Å². The van der Waals surface area contributed by atoms with Crippen LogP contribution in [-0.4, -0.2) is 23.0 Å². The third-order valence-electron chi connectivity index (χ3n) is 4.74. The second-order valence-corrected chi connectivity index (χ2v) is 6.34. The van der Waals surface area contributed by atoms with E-state index in [1.54, 1.807) is 0 Å². The van der Waals surface area contributed by atoms with E-state index in [-0.39, 0.29) is 23.8 Å². The molecule has 1 unspecified atom stereocenters. The topological polar surface area (TPSA) is 66.4 Å². The molecule has 19 heavy (non-hydrogen) atoms. The molecule has 0 spiro atoms. The van der Waals surface area contributed by atoms with Crippen molar-refractivity contribution in [3.63, 3.8) is 0 Å². The van der Waals surface area contributed by atoms with Crippen molar-refractivity contribution in [3.8, 4) is 0 Å². The highest BCUT2D eigenvalue weighted by atomic mass is 16.4. The molecule has 0 aromatic heterocycles. The summed E-state index contributed by atoms with van der Waals surface area (Å²) in [6.45, 7) is 2.00. The van der Waals surface area contributed by atoms with Gasteiger partial charge in [0.05, 0.1) is 5.92 Å². The van der Waals surface area contributed by atoms with Crippen LogP contribution in [0.5, 0.6) is 0 Å². The van der Waals surface area contributed by atoms with Gasteiger partial charge in [0.15, 0.2) is 0 Å². The summed E-state index contributed by atoms with van der Waals surface area (Å²) in [4.78, 5) is 23.0. The smallest absolute Gasteiger partial charge is 0.306 e. The minimum absolute atomic E-state index is 0.0620. The standard InChI is InChI=1S/C15H25NO3/c1-10(8-11-4-2-3-5-11)14(17)16-13-7-6-12(9-13)15(18)19/h10-13H,2-9H2,1H3,(H,16,17)(H,18,19)/t10?,12-,13+/m0/s1. The summed E-state index contributed by atoms with van der Waals surface area (Å²) in [5.74, 6) is -0.0998. The minimum atomic E-state index is -0.726. The number of carboxylic acids is 1. The molecule has 0 bridgehead atoms. The Morgan fingerprint density at radius 1 is 1.21 bits per heavy atom. The first-order valence-corrected chi connectivity index (χ1v) is 7.59. The Kier molecular flexibility index (Phi) is 4.83. The van der Waals surface area contributed by atoms with E-state index < -0.39 is 5.97 Å². The third kappa shape index (κ3) is 3.95. The number of nitrogens with one attached hydrogen (secondary N) is 1. The lowest BCUT2D eigenvalue weighted by atomic mass is 9.94. The Balaban J connectivity index is 1.73. The van der Waals surface area contributed by atoms with E-state index in [0.717, 1.165) is 18.8 Å². The molecule has 0 radical (unpaired) electrons. The van der Waals surface area contributed by atoms with Gasteiger partial charge in [0.1, 0.15) is 0 Å². The molecular weight excluding hydrogens is 242 g/mol. The monoisotopic (exact) mass is 267 g/mol. The van der Waals surface area contributed by atoms with E-state index in [0.29, 0.717) is 12.8 Å². The summed E-state index contributed by atoms with van der Waals surface area (Å²) in [6, 6.07) is 0.0691. The molecule has 2 fully saturated rings. The lowest BCUT2D eigenvalue weighted by Crippen LogP contribution is -2.37. The molecule has 1 amide bonds. The number of aliphatic carboxylic acids is 1. The second kappa shape index (κ2) is 6.40. The van der Waals surface area contributed by atoms with Gasteiger partial charge in [0.2, 0.25) is 5.91 Å². The maximum atomic E-state index is 12.1. The van der Waals surface area contributed by atoms with Crippen molar-refractivity contribution in [2.24, 2.45) is 17.8 Å². The van der Waals surface area contributed by atoms with Crippen LogP contribution in [0.15, 0.2) is 0 Å². The number of carbonyl (C=O) groups is 2. The first-order valence-electron chi connectivity index (χ1n) is 7.59. The van der Waals surface area contributed by atoms with Crippen LogP contribution in [0.25, 0.3) is 0 Å². The van der Waals surface area contributed by atoms with E-state index in [2.05, 4.69) is 5.32 Å². The summed E-state index contributed by atoms with van der Waals surface area (Å²) in [5, 5.41) is 12.0. The summed E-state index contributed by atoms with van der Waals surface area (Å²) >= 11 is 0. The van der Waals surface area contributed by atoms with Crippen molar-refractivity contribution in [1.82, 2.24) is 5.32 Å². The Morgan fingerprint density at radius 3 is 2.47 bits per heavy atom. The van der Waals surface area contributed by atoms with Gasteiger partial charge < -0.3 is 10.4 Å². The van der Waals surface area contributed by atoms with Crippen LogP contribution in [0.3, 0.4) is 0 Å². The predicted octanol–water partition coefficient (Wildman–Crippen LogP) is 2.57. The molecule has 0 heterocycles. The molecule has 2 aliphatic rings. The van der Waals surface area contributed by atoms with Gasteiger partial charge >= 0.3 is 5.97 Å². The lowest BCUT2D eigenvalue weighted by molar-refractivity contribution is -0.141. The van der Waals surface area contributed by atoms with Gasteiger partial charge in [-0.15, -0.1) is 0 Å². The molecule has 2 saturated carbocycles. The van der Waals surface area contributed by atoms with Gasteiger partial charge in [0, 0.05) is 12.0 Å². The summed E-state index contributed by atoms with van der Waals surface area (Å²) < 4.78 is 0. The second-order valence-electron chi connectivity index (χ2n) is 6.34. The Labute approximate surface area is 115 Å². The molecule has 2 aliphatic carbocycles. The molecule has 4 nitrogen and oxygen atoms in total. The van der Waals surface area contributed by atoms with Crippen LogP contribution < -0.4 is 5.32 Å². The molecule has 108 valence electrons. The van der Waals surface area contributed by atoms with Crippen molar-refractivity contribution < 1.29 is 14.7 Å². The quantitative estimate of drug-likeness (QED) is 0.804. The SMILES string of the molecule is CC(CC1CCCC1)C(=O)N[C@@H]1CC[C@H](C(=O)O)C1. The van der Waals surface area contributed by atoms with E-state index in [4.69, 9.17) is 5.11 Å². The van der Waals surface area contributed by atoms with Crippen molar-refractivity contribution in [2.45, 2.75) is 64.3 Å². The predicted molar refractivity (Wildman–Crippen MR) is 72.6 cm³/mol. The molecule has 0 saturated heterocycles. The zero-order chi connectivity index (χ0) is 13.8. The molecule has 2 rings (SSSR count). The molecule has 2 N–H and O–H groups in total. The first-order chi connectivity index (χ1) is 9.06. The molecule has 0 aromatic carbocycles. The number of amides is 1. The van der Waals surface area contributed by atoms with Gasteiger partial charge in [0.25, 0.3) is 0 Å². The van der Waals surface area contributed by atoms with E-state index in [9.17, 15) is 9.59 Å². The Bertz CT molecular complexity index is 336. The Hall–Kier alpha value is -1.06. The molecule has 4 heteroatoms. The summed E-state index contributed by atoms with van der Waals surface area (Å²) in [7, 11) is 0. The van der Waals surface area contributed by atoms with E-state index in [1.165, 1.54) is 25.7 Å². The largest absolute Gasteiger partial charge is 0.481 e. The van der Waals surface area contributed by atoms with Crippen molar-refractivity contribution >= 4 is 11.9 Å². The highest BCUT2D eigenvalue weighted by molar-refractivity contribution is 5.79.